The van der Waals surface area contributed by atoms with Crippen LogP contribution in [0.3, 0.4) is 0 Å². The highest BCUT2D eigenvalue weighted by Gasteiger charge is 2.48. The van der Waals surface area contributed by atoms with Crippen LogP contribution in [-0.2, 0) is 14.3 Å². The first kappa shape index (κ1) is 33.6. The maximum absolute atomic E-state index is 13.9. The van der Waals surface area contributed by atoms with Gasteiger partial charge in [-0.05, 0) is 63.6 Å². The van der Waals surface area contributed by atoms with Crippen LogP contribution in [0, 0.1) is 12.8 Å². The highest BCUT2D eigenvalue weighted by Crippen LogP contribution is 2.51. The van der Waals surface area contributed by atoms with E-state index in [9.17, 15) is 14.4 Å². The zero-order valence-electron chi connectivity index (χ0n) is 27.5. The Morgan fingerprint density at radius 1 is 1.11 bits per heavy atom. The van der Waals surface area contributed by atoms with Gasteiger partial charge in [0.2, 0.25) is 0 Å². The van der Waals surface area contributed by atoms with Gasteiger partial charge in [-0.25, -0.2) is 9.59 Å². The zero-order chi connectivity index (χ0) is 33.1. The molecule has 46 heavy (non-hydrogen) atoms. The molecule has 3 atom stereocenters. The lowest BCUT2D eigenvalue weighted by Gasteiger charge is -2.34. The van der Waals surface area contributed by atoms with Gasteiger partial charge in [0, 0.05) is 80.1 Å². The molecule has 2 unspecified atom stereocenters. The van der Waals surface area contributed by atoms with E-state index in [0.29, 0.717) is 47.6 Å². The largest absolute Gasteiger partial charge is 0.495 e. The average Bonchev–Trinajstić information content (AvgIpc) is 3.61. The number of amides is 2. The van der Waals surface area contributed by atoms with Crippen molar-refractivity contribution in [1.82, 2.24) is 19.7 Å². The molecule has 0 bridgehead atoms. The fourth-order valence-corrected chi connectivity index (χ4v) is 7.33. The molecular formula is C34H44BrN5O6. The second-order valence-corrected chi connectivity index (χ2v) is 12.6. The summed E-state index contributed by atoms with van der Waals surface area (Å²) in [5, 5.41) is 0.601. The molecule has 3 aliphatic rings. The van der Waals surface area contributed by atoms with E-state index in [-0.39, 0.29) is 17.7 Å². The number of H-pyrrole nitrogens is 1. The fourth-order valence-electron chi connectivity index (χ4n) is 6.75. The van der Waals surface area contributed by atoms with Crippen LogP contribution in [0.2, 0.25) is 0 Å². The van der Waals surface area contributed by atoms with Crippen molar-refractivity contribution < 1.29 is 28.6 Å². The molecule has 3 heterocycles. The van der Waals surface area contributed by atoms with Gasteiger partial charge >= 0.3 is 12.1 Å². The molecule has 2 aliphatic heterocycles. The summed E-state index contributed by atoms with van der Waals surface area (Å²) in [6, 6.07) is 5.86. The zero-order valence-corrected chi connectivity index (χ0v) is 29.1. The van der Waals surface area contributed by atoms with E-state index in [1.54, 1.807) is 23.0 Å². The second kappa shape index (κ2) is 14.3. The monoisotopic (exact) mass is 697 g/mol. The molecule has 1 aromatic carbocycles. The Bertz CT molecular complexity index is 1520. The van der Waals surface area contributed by atoms with Crippen molar-refractivity contribution in [1.29, 1.82) is 0 Å². The number of benzene rings is 1. The molecule has 0 spiro atoms. The summed E-state index contributed by atoms with van der Waals surface area (Å²) >= 11 is 3.67. The highest BCUT2D eigenvalue weighted by atomic mass is 79.9. The summed E-state index contributed by atoms with van der Waals surface area (Å²) in [5.41, 5.74) is 4.98. The molecule has 2 fully saturated rings. The molecule has 5 rings (SSSR count). The number of rotatable bonds is 9. The number of piperazine rings is 1. The molecule has 1 aliphatic carbocycles. The van der Waals surface area contributed by atoms with E-state index in [4.69, 9.17) is 14.2 Å². The molecule has 2 aromatic rings. The number of allylic oxidation sites excluding steroid dienone is 1. The number of ether oxygens (including phenoxy) is 3. The number of aromatic nitrogens is 1. The minimum Gasteiger partial charge on any atom is -0.495 e. The molecule has 0 radical (unpaired) electrons. The normalized spacial score (nSPS) is 21.1. The van der Waals surface area contributed by atoms with Crippen LogP contribution >= 0.6 is 15.9 Å². The van der Waals surface area contributed by atoms with Crippen LogP contribution < -0.4 is 9.64 Å². The van der Waals surface area contributed by atoms with E-state index < -0.39 is 18.2 Å². The Morgan fingerprint density at radius 3 is 2.46 bits per heavy atom. The number of halogens is 1. The number of nitrogens with zero attached hydrogens (tertiary/aromatic N) is 4. The van der Waals surface area contributed by atoms with E-state index in [1.807, 2.05) is 44.3 Å². The van der Waals surface area contributed by atoms with Crippen molar-refractivity contribution in [3.8, 4) is 5.75 Å². The van der Waals surface area contributed by atoms with Crippen LogP contribution in [0.25, 0.3) is 6.08 Å². The third-order valence-corrected chi connectivity index (χ3v) is 10.1. The van der Waals surface area contributed by atoms with Crippen molar-refractivity contribution >= 4 is 45.7 Å². The van der Waals surface area contributed by atoms with Crippen molar-refractivity contribution in [2.75, 3.05) is 77.3 Å². The van der Waals surface area contributed by atoms with Crippen LogP contribution in [0.1, 0.15) is 58.7 Å². The molecule has 248 valence electrons. The number of hydrogen-bond donors (Lipinski definition) is 1. The number of likely N-dealkylation sites (tertiary alicyclic amines) is 1. The number of anilines is 1. The number of esters is 1. The van der Waals surface area contributed by atoms with Gasteiger partial charge in [0.1, 0.15) is 5.75 Å². The van der Waals surface area contributed by atoms with Crippen LogP contribution in [0.4, 0.5) is 10.5 Å². The molecule has 2 amide bonds. The third kappa shape index (κ3) is 6.42. The number of carbonyl (C=O) groups is 3. The van der Waals surface area contributed by atoms with Gasteiger partial charge in [-0.15, -0.1) is 0 Å². The quantitative estimate of drug-likeness (QED) is 0.223. The molecule has 12 heteroatoms. The third-order valence-electron chi connectivity index (χ3n) is 9.26. The molecule has 0 saturated carbocycles. The van der Waals surface area contributed by atoms with E-state index in [0.717, 1.165) is 48.7 Å². The van der Waals surface area contributed by atoms with Crippen molar-refractivity contribution in [3.63, 3.8) is 0 Å². The van der Waals surface area contributed by atoms with Gasteiger partial charge in [0.05, 0.1) is 31.2 Å². The molecular weight excluding hydrogens is 654 g/mol. The van der Waals surface area contributed by atoms with Crippen molar-refractivity contribution in [2.24, 2.45) is 5.92 Å². The Balaban J connectivity index is 1.49. The number of aromatic amines is 1. The number of fused-ring (bicyclic) bond motifs is 3. The summed E-state index contributed by atoms with van der Waals surface area (Å²) in [5.74, 6) is -0.190. The van der Waals surface area contributed by atoms with Crippen molar-refractivity contribution in [3.05, 3.63) is 64.1 Å². The Hall–Kier alpha value is -3.77. The topological polar surface area (TPSA) is 108 Å². The van der Waals surface area contributed by atoms with Gasteiger partial charge in [-0.3, -0.25) is 4.79 Å². The van der Waals surface area contributed by atoms with Gasteiger partial charge in [0.15, 0.2) is 6.10 Å². The van der Waals surface area contributed by atoms with Crippen LogP contribution in [0.15, 0.2) is 36.0 Å². The minimum absolute atomic E-state index is 0.0227. The summed E-state index contributed by atoms with van der Waals surface area (Å²) in [7, 11) is 5.03. The Morgan fingerprint density at radius 2 is 1.83 bits per heavy atom. The lowest BCUT2D eigenvalue weighted by atomic mass is 9.80. The van der Waals surface area contributed by atoms with Crippen LogP contribution in [-0.4, -0.2) is 110 Å². The fraction of sp³-hybridized carbons (Fsp3) is 0.500. The minimum atomic E-state index is -0.808. The number of alkyl halides is 1. The first-order valence-corrected chi connectivity index (χ1v) is 16.9. The number of aryl methyl sites for hydroxylation is 1. The predicted octanol–water partition coefficient (Wildman–Crippen LogP) is 4.94. The standard InChI is InChI=1S/C34H44BrN5O6/c1-7-38(8-2)24-17-22(9-11-26(24)44-5)10-12-28(41)40-20-23(19-35)30-25(40)18-27(46-34(43)39-15-13-37(4)14-16-39)32-31(30)29(21(3)36-32)33(42)45-6/h9-12,17-18,23,27,30,36H,7-8,13-16,19-20H2,1-6H3/b12-10+/t23-,27?,30?/m1/s1. The van der Waals surface area contributed by atoms with E-state index >= 15 is 0 Å². The van der Waals surface area contributed by atoms with Gasteiger partial charge in [0.25, 0.3) is 5.91 Å². The Kier molecular flexibility index (Phi) is 10.5. The number of carbonyl (C=O) groups excluding carboxylic acids is 3. The predicted molar refractivity (Wildman–Crippen MR) is 181 cm³/mol. The highest BCUT2D eigenvalue weighted by molar-refractivity contribution is 9.09. The first-order chi connectivity index (χ1) is 22.1. The van der Waals surface area contributed by atoms with Crippen molar-refractivity contribution in [2.45, 2.75) is 32.8 Å². The van der Waals surface area contributed by atoms with Gasteiger partial charge in [-0.2, -0.15) is 0 Å². The summed E-state index contributed by atoms with van der Waals surface area (Å²) in [4.78, 5) is 51.5. The second-order valence-electron chi connectivity index (χ2n) is 11.9. The Labute approximate surface area is 279 Å². The van der Waals surface area contributed by atoms with Gasteiger partial charge < -0.3 is 38.8 Å². The number of nitrogens with one attached hydrogen (secondary N) is 1. The lowest BCUT2D eigenvalue weighted by molar-refractivity contribution is -0.123. The number of likely N-dealkylation sites (N-methyl/N-ethyl adjacent to an activating group) is 1. The molecule has 1 aromatic heterocycles. The number of hydrogen-bond acceptors (Lipinski definition) is 8. The van der Waals surface area contributed by atoms with E-state index in [2.05, 4.69) is 44.6 Å². The SMILES string of the molecule is CCN(CC)c1cc(/C=C/C(=O)N2C[C@@H](CBr)C3C2=CC(OC(=O)N2CCN(C)CC2)c2[nH]c(C)c(C(=O)OC)c23)ccc1OC. The first-order valence-electron chi connectivity index (χ1n) is 15.8. The number of methoxy groups -OCH3 is 2. The lowest BCUT2D eigenvalue weighted by Crippen LogP contribution is -2.47. The van der Waals surface area contributed by atoms with E-state index in [1.165, 1.54) is 7.11 Å². The average molecular weight is 699 g/mol. The molecule has 11 nitrogen and oxygen atoms in total. The van der Waals surface area contributed by atoms with Crippen LogP contribution in [0.5, 0.6) is 5.75 Å². The molecule has 1 N–H and O–H groups in total. The summed E-state index contributed by atoms with van der Waals surface area (Å²) in [6.07, 6.45) is 4.01. The summed E-state index contributed by atoms with van der Waals surface area (Å²) in [6.45, 7) is 10.7. The maximum Gasteiger partial charge on any atom is 0.410 e. The molecule has 2 saturated heterocycles. The smallest absolute Gasteiger partial charge is 0.410 e. The van der Waals surface area contributed by atoms with Gasteiger partial charge in [-0.1, -0.05) is 22.0 Å². The maximum atomic E-state index is 13.9. The summed E-state index contributed by atoms with van der Waals surface area (Å²) < 4.78 is 16.9.